The molecule has 0 spiro atoms. The highest BCUT2D eigenvalue weighted by Crippen LogP contribution is 2.56. The summed E-state index contributed by atoms with van der Waals surface area (Å²) in [6.07, 6.45) is 2.90. The van der Waals surface area contributed by atoms with Crippen molar-refractivity contribution in [3.8, 4) is 0 Å². The first kappa shape index (κ1) is 20.1. The van der Waals surface area contributed by atoms with Gasteiger partial charge in [-0.05, 0) is 68.7 Å². The molecule has 1 aromatic carbocycles. The van der Waals surface area contributed by atoms with Crippen LogP contribution in [0.5, 0.6) is 0 Å². The van der Waals surface area contributed by atoms with Gasteiger partial charge >= 0.3 is 5.97 Å². The van der Waals surface area contributed by atoms with Gasteiger partial charge in [0.05, 0.1) is 11.8 Å². The van der Waals surface area contributed by atoms with E-state index in [2.05, 4.69) is 21.2 Å². The van der Waals surface area contributed by atoms with E-state index in [1.165, 1.54) is 6.92 Å². The lowest BCUT2D eigenvalue weighted by molar-refractivity contribution is -0.159. The van der Waals surface area contributed by atoms with Crippen LogP contribution in [0.2, 0.25) is 0 Å². The molecule has 1 N–H and O–H groups in total. The third-order valence-electron chi connectivity index (χ3n) is 6.50. The van der Waals surface area contributed by atoms with Crippen LogP contribution in [0.25, 0.3) is 0 Å². The standard InChI is InChI=1S/C21H23BrN2O5/c1-10-7-14(22)5-6-15(10)23-16(25)9-29-21(28)11(2)24-19(26)17-12-3-4-13(8-12)18(17)20(24)27/h5-7,11-13,17-18H,3-4,8-9H2,1-2H3,(H,23,25)/t11-,12-,13-,17+,18+/m0/s1. The minimum Gasteiger partial charge on any atom is -0.454 e. The highest BCUT2D eigenvalue weighted by molar-refractivity contribution is 9.10. The molecular weight excluding hydrogens is 440 g/mol. The summed E-state index contributed by atoms with van der Waals surface area (Å²) < 4.78 is 5.99. The number of benzene rings is 1. The summed E-state index contributed by atoms with van der Waals surface area (Å²) in [6, 6.07) is 4.38. The highest BCUT2D eigenvalue weighted by atomic mass is 79.9. The van der Waals surface area contributed by atoms with E-state index >= 15 is 0 Å². The van der Waals surface area contributed by atoms with E-state index in [0.29, 0.717) is 5.69 Å². The molecule has 2 aliphatic carbocycles. The van der Waals surface area contributed by atoms with Gasteiger partial charge in [0.15, 0.2) is 6.61 Å². The molecule has 1 saturated heterocycles. The van der Waals surface area contributed by atoms with Crippen molar-refractivity contribution in [1.82, 2.24) is 4.90 Å². The van der Waals surface area contributed by atoms with Gasteiger partial charge < -0.3 is 10.1 Å². The first-order chi connectivity index (χ1) is 13.8. The maximum atomic E-state index is 12.8. The predicted molar refractivity (Wildman–Crippen MR) is 108 cm³/mol. The second-order valence-electron chi connectivity index (χ2n) is 8.22. The van der Waals surface area contributed by atoms with Crippen LogP contribution in [0.15, 0.2) is 22.7 Å². The summed E-state index contributed by atoms with van der Waals surface area (Å²) in [7, 11) is 0. The zero-order valence-electron chi connectivity index (χ0n) is 16.3. The van der Waals surface area contributed by atoms with Crippen molar-refractivity contribution in [3.63, 3.8) is 0 Å². The van der Waals surface area contributed by atoms with Gasteiger partial charge in [0.25, 0.3) is 5.91 Å². The van der Waals surface area contributed by atoms with Crippen molar-refractivity contribution >= 4 is 45.3 Å². The van der Waals surface area contributed by atoms with Crippen molar-refractivity contribution in [2.75, 3.05) is 11.9 Å². The molecule has 0 radical (unpaired) electrons. The van der Waals surface area contributed by atoms with Crippen LogP contribution in [-0.2, 0) is 23.9 Å². The number of likely N-dealkylation sites (tertiary alicyclic amines) is 1. The third kappa shape index (κ3) is 3.47. The lowest BCUT2D eigenvalue weighted by Crippen LogP contribution is -2.45. The Kier molecular flexibility index (Phi) is 5.23. The number of halogens is 1. The first-order valence-corrected chi connectivity index (χ1v) is 10.7. The van der Waals surface area contributed by atoms with Crippen LogP contribution in [0, 0.1) is 30.6 Å². The van der Waals surface area contributed by atoms with Gasteiger partial charge in [-0.25, -0.2) is 4.79 Å². The molecular formula is C21H23BrN2O5. The van der Waals surface area contributed by atoms with Crippen LogP contribution in [0.4, 0.5) is 5.69 Å². The van der Waals surface area contributed by atoms with Crippen LogP contribution >= 0.6 is 15.9 Å². The minimum absolute atomic E-state index is 0.258. The molecule has 2 bridgehead atoms. The van der Waals surface area contributed by atoms with Gasteiger partial charge in [0.1, 0.15) is 6.04 Å². The van der Waals surface area contributed by atoms with E-state index in [0.717, 1.165) is 34.2 Å². The van der Waals surface area contributed by atoms with Gasteiger partial charge in [0.2, 0.25) is 11.8 Å². The summed E-state index contributed by atoms with van der Waals surface area (Å²) in [5.74, 6) is -1.78. The average molecular weight is 463 g/mol. The molecule has 4 rings (SSSR count). The maximum absolute atomic E-state index is 12.8. The van der Waals surface area contributed by atoms with Crippen molar-refractivity contribution in [2.45, 2.75) is 39.2 Å². The largest absolute Gasteiger partial charge is 0.454 e. The number of esters is 1. The SMILES string of the molecule is Cc1cc(Br)ccc1NC(=O)COC(=O)[C@H](C)N1C(=O)[C@@H]2[C@H]3CC[C@@H](C3)[C@H]2C1=O. The lowest BCUT2D eigenvalue weighted by Gasteiger charge is -2.23. The molecule has 0 aromatic heterocycles. The van der Waals surface area contributed by atoms with Gasteiger partial charge in [-0.2, -0.15) is 0 Å². The van der Waals surface area contributed by atoms with E-state index in [1.54, 1.807) is 12.1 Å². The molecule has 3 aliphatic rings. The van der Waals surface area contributed by atoms with Crippen molar-refractivity contribution in [2.24, 2.45) is 23.7 Å². The molecule has 3 amide bonds. The summed E-state index contributed by atoms with van der Waals surface area (Å²) in [4.78, 5) is 51.2. The Labute approximate surface area is 177 Å². The van der Waals surface area contributed by atoms with Gasteiger partial charge in [0, 0.05) is 10.2 Å². The molecule has 2 saturated carbocycles. The number of rotatable bonds is 5. The number of amides is 3. The zero-order chi connectivity index (χ0) is 20.9. The van der Waals surface area contributed by atoms with Gasteiger partial charge in [-0.3, -0.25) is 19.3 Å². The fraction of sp³-hybridized carbons (Fsp3) is 0.524. The number of carbonyl (C=O) groups is 4. The Balaban J connectivity index is 1.34. The molecule has 5 atom stereocenters. The van der Waals surface area contributed by atoms with E-state index in [-0.39, 0.29) is 35.5 Å². The quantitative estimate of drug-likeness (QED) is 0.536. The summed E-state index contributed by atoms with van der Waals surface area (Å²) >= 11 is 3.36. The number of fused-ring (bicyclic) bond motifs is 5. The molecule has 8 heteroatoms. The summed E-state index contributed by atoms with van der Waals surface area (Å²) in [5.41, 5.74) is 1.48. The Morgan fingerprint density at radius 1 is 1.21 bits per heavy atom. The Bertz CT molecular complexity index is 873. The second kappa shape index (κ2) is 7.55. The molecule has 29 heavy (non-hydrogen) atoms. The average Bonchev–Trinajstić information content (AvgIpc) is 3.35. The topological polar surface area (TPSA) is 92.8 Å². The molecule has 7 nitrogen and oxygen atoms in total. The Hall–Kier alpha value is -2.22. The minimum atomic E-state index is -1.03. The summed E-state index contributed by atoms with van der Waals surface area (Å²) in [5, 5.41) is 2.69. The van der Waals surface area contributed by atoms with Crippen LogP contribution in [0.3, 0.4) is 0 Å². The number of aryl methyl sites for hydroxylation is 1. The van der Waals surface area contributed by atoms with Crippen LogP contribution < -0.4 is 5.32 Å². The molecule has 1 heterocycles. The molecule has 154 valence electrons. The molecule has 1 aliphatic heterocycles. The Morgan fingerprint density at radius 3 is 2.41 bits per heavy atom. The Morgan fingerprint density at radius 2 is 1.83 bits per heavy atom. The van der Waals surface area contributed by atoms with Crippen molar-refractivity contribution in [3.05, 3.63) is 28.2 Å². The van der Waals surface area contributed by atoms with Crippen LogP contribution in [-0.4, -0.2) is 41.2 Å². The van der Waals surface area contributed by atoms with E-state index in [9.17, 15) is 19.2 Å². The molecule has 1 aromatic rings. The molecule has 0 unspecified atom stereocenters. The van der Waals surface area contributed by atoms with E-state index in [4.69, 9.17) is 4.74 Å². The fourth-order valence-corrected chi connectivity index (χ4v) is 5.61. The number of hydrogen-bond donors (Lipinski definition) is 1. The number of anilines is 1. The second-order valence-corrected chi connectivity index (χ2v) is 9.14. The van der Waals surface area contributed by atoms with E-state index in [1.807, 2.05) is 13.0 Å². The first-order valence-electron chi connectivity index (χ1n) is 9.87. The number of imide groups is 1. The monoisotopic (exact) mass is 462 g/mol. The normalized spacial score (nSPS) is 28.4. The maximum Gasteiger partial charge on any atom is 0.329 e. The van der Waals surface area contributed by atoms with Crippen LogP contribution in [0.1, 0.15) is 31.7 Å². The van der Waals surface area contributed by atoms with Gasteiger partial charge in [-0.15, -0.1) is 0 Å². The van der Waals surface area contributed by atoms with Gasteiger partial charge in [-0.1, -0.05) is 15.9 Å². The number of hydrogen-bond acceptors (Lipinski definition) is 5. The number of ether oxygens (including phenoxy) is 1. The summed E-state index contributed by atoms with van der Waals surface area (Å²) in [6.45, 7) is 2.86. The third-order valence-corrected chi connectivity index (χ3v) is 6.99. The number of nitrogens with zero attached hydrogens (tertiary/aromatic N) is 1. The lowest BCUT2D eigenvalue weighted by atomic mass is 9.81. The van der Waals surface area contributed by atoms with E-state index < -0.39 is 24.5 Å². The molecule has 3 fully saturated rings. The number of carbonyl (C=O) groups excluding carboxylic acids is 4. The number of nitrogens with one attached hydrogen (secondary N) is 1. The smallest absolute Gasteiger partial charge is 0.329 e. The van der Waals surface area contributed by atoms with Crippen molar-refractivity contribution in [1.29, 1.82) is 0 Å². The zero-order valence-corrected chi connectivity index (χ0v) is 17.9. The predicted octanol–water partition coefficient (Wildman–Crippen LogP) is 2.66. The highest BCUT2D eigenvalue weighted by Gasteiger charge is 2.62. The van der Waals surface area contributed by atoms with Crippen molar-refractivity contribution < 1.29 is 23.9 Å². The fourth-order valence-electron chi connectivity index (χ4n) is 5.13.